The first kappa shape index (κ1) is 18.3. The summed E-state index contributed by atoms with van der Waals surface area (Å²) >= 11 is 0. The Bertz CT molecular complexity index is 624. The van der Waals surface area contributed by atoms with E-state index in [9.17, 15) is 18.4 Å². The van der Waals surface area contributed by atoms with Gasteiger partial charge in [0.25, 0.3) is 0 Å². The summed E-state index contributed by atoms with van der Waals surface area (Å²) in [5, 5.41) is 15.6. The summed E-state index contributed by atoms with van der Waals surface area (Å²) in [5.74, 6) is -1.41. The molecular weight excluding hydrogens is 324 g/mol. The number of hydrogen-bond acceptors (Lipinski definition) is 4. The van der Waals surface area contributed by atoms with Crippen molar-refractivity contribution in [1.29, 1.82) is 0 Å². The van der Waals surface area contributed by atoms with Crippen LogP contribution in [0, 0.1) is 13.8 Å². The first-order valence-corrected chi connectivity index (χ1v) is 7.67. The smallest absolute Gasteiger partial charge is 0.333 e. The molecular formula is C15H21F2N3O4. The SMILES string of the molecule is Cc1nn(C(F)F)c(C)c1CC(=O)NC1(CC(=O)O)CCOCC1. The summed E-state index contributed by atoms with van der Waals surface area (Å²) in [6.45, 7) is 1.02. The number of carboxylic acids is 1. The first-order chi connectivity index (χ1) is 11.2. The molecule has 7 nitrogen and oxygen atoms in total. The van der Waals surface area contributed by atoms with Gasteiger partial charge in [-0.15, -0.1) is 0 Å². The Morgan fingerprint density at radius 2 is 2.00 bits per heavy atom. The maximum atomic E-state index is 12.9. The molecule has 134 valence electrons. The summed E-state index contributed by atoms with van der Waals surface area (Å²) in [7, 11) is 0. The Morgan fingerprint density at radius 3 is 2.50 bits per heavy atom. The molecule has 1 saturated heterocycles. The Kier molecular flexibility index (Phi) is 5.53. The van der Waals surface area contributed by atoms with Crippen LogP contribution in [0.3, 0.4) is 0 Å². The zero-order valence-electron chi connectivity index (χ0n) is 13.6. The van der Waals surface area contributed by atoms with Crippen LogP contribution < -0.4 is 5.32 Å². The molecule has 1 fully saturated rings. The maximum absolute atomic E-state index is 12.9. The van der Waals surface area contributed by atoms with Crippen LogP contribution in [0.1, 0.15) is 42.8 Å². The Balaban J connectivity index is 2.13. The molecule has 1 amide bonds. The van der Waals surface area contributed by atoms with E-state index in [1.54, 1.807) is 6.92 Å². The van der Waals surface area contributed by atoms with Gasteiger partial charge >= 0.3 is 12.5 Å². The lowest BCUT2D eigenvalue weighted by Gasteiger charge is -2.36. The maximum Gasteiger partial charge on any atom is 0.333 e. The van der Waals surface area contributed by atoms with E-state index in [0.29, 0.717) is 42.0 Å². The quantitative estimate of drug-likeness (QED) is 0.816. The van der Waals surface area contributed by atoms with Crippen molar-refractivity contribution in [3.05, 3.63) is 17.0 Å². The van der Waals surface area contributed by atoms with Gasteiger partial charge in [-0.25, -0.2) is 4.68 Å². The highest BCUT2D eigenvalue weighted by Crippen LogP contribution is 2.25. The van der Waals surface area contributed by atoms with Crippen molar-refractivity contribution >= 4 is 11.9 Å². The van der Waals surface area contributed by atoms with Crippen LogP contribution in [0.4, 0.5) is 8.78 Å². The van der Waals surface area contributed by atoms with Crippen molar-refractivity contribution in [3.63, 3.8) is 0 Å². The number of aryl methyl sites for hydroxylation is 1. The van der Waals surface area contributed by atoms with Gasteiger partial charge in [-0.1, -0.05) is 0 Å². The molecule has 9 heteroatoms. The molecule has 0 radical (unpaired) electrons. The van der Waals surface area contributed by atoms with Gasteiger partial charge in [0.1, 0.15) is 0 Å². The number of nitrogens with one attached hydrogen (secondary N) is 1. The highest BCUT2D eigenvalue weighted by molar-refractivity contribution is 5.81. The molecule has 1 aliphatic heterocycles. The zero-order valence-corrected chi connectivity index (χ0v) is 13.6. The van der Waals surface area contributed by atoms with Crippen LogP contribution in [-0.4, -0.2) is 45.5 Å². The van der Waals surface area contributed by atoms with Gasteiger partial charge in [0, 0.05) is 24.5 Å². The summed E-state index contributed by atoms with van der Waals surface area (Å²) in [6.07, 6.45) is 0.488. The molecule has 0 saturated carbocycles. The number of amides is 1. The normalized spacial score (nSPS) is 17.0. The molecule has 0 aromatic carbocycles. The minimum atomic E-state index is -2.77. The number of nitrogens with zero attached hydrogens (tertiary/aromatic N) is 2. The van der Waals surface area contributed by atoms with E-state index < -0.39 is 24.0 Å². The number of carbonyl (C=O) groups is 2. The van der Waals surface area contributed by atoms with Gasteiger partial charge in [0.15, 0.2) is 0 Å². The summed E-state index contributed by atoms with van der Waals surface area (Å²) in [5.41, 5.74) is 0.172. The van der Waals surface area contributed by atoms with Crippen molar-refractivity contribution in [2.24, 2.45) is 0 Å². The third-order valence-electron chi connectivity index (χ3n) is 4.34. The molecule has 0 atom stereocenters. The van der Waals surface area contributed by atoms with E-state index in [1.807, 2.05) is 0 Å². The number of hydrogen-bond donors (Lipinski definition) is 2. The average Bonchev–Trinajstić information content (AvgIpc) is 2.75. The average molecular weight is 345 g/mol. The third kappa shape index (κ3) is 4.08. The minimum absolute atomic E-state index is 0.118. The Hall–Kier alpha value is -2.03. The van der Waals surface area contributed by atoms with E-state index in [-0.39, 0.29) is 18.5 Å². The second-order valence-corrected chi connectivity index (χ2v) is 6.06. The van der Waals surface area contributed by atoms with Gasteiger partial charge in [-0.2, -0.15) is 13.9 Å². The summed E-state index contributed by atoms with van der Waals surface area (Å²) in [4.78, 5) is 23.5. The van der Waals surface area contributed by atoms with Crippen molar-refractivity contribution in [3.8, 4) is 0 Å². The van der Waals surface area contributed by atoms with E-state index in [0.717, 1.165) is 0 Å². The number of ether oxygens (including phenoxy) is 1. The van der Waals surface area contributed by atoms with E-state index in [4.69, 9.17) is 9.84 Å². The van der Waals surface area contributed by atoms with Gasteiger partial charge in [0.05, 0.1) is 24.1 Å². The van der Waals surface area contributed by atoms with Crippen LogP contribution in [-0.2, 0) is 20.7 Å². The topological polar surface area (TPSA) is 93.5 Å². The lowest BCUT2D eigenvalue weighted by Crippen LogP contribution is -2.53. The molecule has 0 aliphatic carbocycles. The Labute approximate surface area is 138 Å². The number of halogens is 2. The zero-order chi connectivity index (χ0) is 17.9. The number of carboxylic acid groups (broad SMARTS) is 1. The van der Waals surface area contributed by atoms with Crippen molar-refractivity contribution in [1.82, 2.24) is 15.1 Å². The van der Waals surface area contributed by atoms with Crippen LogP contribution in [0.25, 0.3) is 0 Å². The number of aromatic nitrogens is 2. The van der Waals surface area contributed by atoms with Crippen molar-refractivity contribution in [2.45, 2.75) is 51.6 Å². The predicted molar refractivity (Wildman–Crippen MR) is 79.8 cm³/mol. The fourth-order valence-corrected chi connectivity index (χ4v) is 3.04. The predicted octanol–water partition coefficient (Wildman–Crippen LogP) is 1.58. The van der Waals surface area contributed by atoms with Crippen LogP contribution in [0.5, 0.6) is 0 Å². The highest BCUT2D eigenvalue weighted by Gasteiger charge is 2.36. The fraction of sp³-hybridized carbons (Fsp3) is 0.667. The lowest BCUT2D eigenvalue weighted by molar-refractivity contribution is -0.140. The third-order valence-corrected chi connectivity index (χ3v) is 4.34. The highest BCUT2D eigenvalue weighted by atomic mass is 19.3. The van der Waals surface area contributed by atoms with E-state index >= 15 is 0 Å². The molecule has 24 heavy (non-hydrogen) atoms. The molecule has 0 bridgehead atoms. The standard InChI is InChI=1S/C15H21F2N3O4/c1-9-11(10(2)20(19-9)14(16)17)7-12(21)18-15(8-13(22)23)3-5-24-6-4-15/h14H,3-8H2,1-2H3,(H,18,21)(H,22,23). The van der Waals surface area contributed by atoms with Crippen LogP contribution in [0.15, 0.2) is 0 Å². The van der Waals surface area contributed by atoms with E-state index in [2.05, 4.69) is 10.4 Å². The Morgan fingerprint density at radius 1 is 1.38 bits per heavy atom. The van der Waals surface area contributed by atoms with Gasteiger partial charge in [0.2, 0.25) is 5.91 Å². The fourth-order valence-electron chi connectivity index (χ4n) is 3.04. The molecule has 2 rings (SSSR count). The van der Waals surface area contributed by atoms with Crippen LogP contribution >= 0.6 is 0 Å². The first-order valence-electron chi connectivity index (χ1n) is 7.67. The molecule has 0 spiro atoms. The van der Waals surface area contributed by atoms with Crippen molar-refractivity contribution in [2.75, 3.05) is 13.2 Å². The van der Waals surface area contributed by atoms with E-state index in [1.165, 1.54) is 6.92 Å². The molecule has 2 N–H and O–H groups in total. The number of rotatable bonds is 6. The van der Waals surface area contributed by atoms with Crippen LogP contribution in [0.2, 0.25) is 0 Å². The molecule has 1 aliphatic rings. The minimum Gasteiger partial charge on any atom is -0.481 e. The van der Waals surface area contributed by atoms with Gasteiger partial charge < -0.3 is 15.2 Å². The largest absolute Gasteiger partial charge is 0.481 e. The number of alkyl halides is 2. The van der Waals surface area contributed by atoms with Gasteiger partial charge in [-0.3, -0.25) is 9.59 Å². The monoisotopic (exact) mass is 345 g/mol. The van der Waals surface area contributed by atoms with Crippen molar-refractivity contribution < 1.29 is 28.2 Å². The molecule has 2 heterocycles. The van der Waals surface area contributed by atoms with Gasteiger partial charge in [-0.05, 0) is 26.7 Å². The second-order valence-electron chi connectivity index (χ2n) is 6.06. The molecule has 0 unspecified atom stereocenters. The number of carbonyl (C=O) groups excluding carboxylic acids is 1. The summed E-state index contributed by atoms with van der Waals surface area (Å²) in [6, 6.07) is 0. The summed E-state index contributed by atoms with van der Waals surface area (Å²) < 4.78 is 31.5. The molecule has 1 aromatic heterocycles. The molecule has 1 aromatic rings. The lowest BCUT2D eigenvalue weighted by atomic mass is 9.86. The number of aliphatic carboxylic acids is 1. The second kappa shape index (κ2) is 7.25.